The predicted octanol–water partition coefficient (Wildman–Crippen LogP) is 4.17. The maximum Gasteiger partial charge on any atom is 0.0367 e. The summed E-state index contributed by atoms with van der Waals surface area (Å²) < 4.78 is 0. The average Bonchev–Trinajstić information content (AvgIpc) is 2.38. The molecule has 0 N–H and O–H groups in total. The Morgan fingerprint density at radius 3 is 1.88 bits per heavy atom. The molecule has 0 heterocycles. The fraction of sp³-hybridized carbons (Fsp3) is 0.467. The minimum Gasteiger partial charge on any atom is -0.342 e. The smallest absolute Gasteiger partial charge is 0.0367 e. The van der Waals surface area contributed by atoms with Gasteiger partial charge in [-0.05, 0) is 44.3 Å². The number of hydrogen-bond acceptors (Lipinski definition) is 1. The summed E-state index contributed by atoms with van der Waals surface area (Å²) in [5.74, 6) is 0. The molecule has 2 aliphatic carbocycles. The molecule has 0 bridgehead atoms. The molecule has 1 nitrogen and oxygen atoms in total. The summed E-state index contributed by atoms with van der Waals surface area (Å²) in [5.41, 5.74) is 2.76. The van der Waals surface area contributed by atoms with Crippen LogP contribution in [0, 0.1) is 0 Å². The van der Waals surface area contributed by atoms with Gasteiger partial charge in [0.05, 0.1) is 0 Å². The lowest BCUT2D eigenvalue weighted by atomic mass is 10.1. The zero-order valence-electron chi connectivity index (χ0n) is 10.2. The monoisotopic (exact) mass is 215 g/mol. The van der Waals surface area contributed by atoms with Gasteiger partial charge in [-0.1, -0.05) is 31.2 Å². The first-order valence-corrected chi connectivity index (χ1v) is 6.42. The third-order valence-corrected chi connectivity index (χ3v) is 3.02. The van der Waals surface area contributed by atoms with Crippen molar-refractivity contribution in [3.63, 3.8) is 0 Å². The lowest BCUT2D eigenvalue weighted by Gasteiger charge is -2.29. The molecule has 0 spiro atoms. The molecule has 2 aliphatic rings. The Bertz CT molecular complexity index is 312. The molecule has 0 aliphatic heterocycles. The van der Waals surface area contributed by atoms with Gasteiger partial charge >= 0.3 is 0 Å². The van der Waals surface area contributed by atoms with Crippen LogP contribution in [0.3, 0.4) is 0 Å². The predicted molar refractivity (Wildman–Crippen MR) is 69.9 cm³/mol. The van der Waals surface area contributed by atoms with Crippen molar-refractivity contribution in [2.75, 3.05) is 6.54 Å². The van der Waals surface area contributed by atoms with E-state index in [9.17, 15) is 0 Å². The zero-order valence-corrected chi connectivity index (χ0v) is 10.2. The molecule has 0 amide bonds. The summed E-state index contributed by atoms with van der Waals surface area (Å²) in [6.45, 7) is 3.36. The molecule has 1 heteroatoms. The lowest BCUT2D eigenvalue weighted by Crippen LogP contribution is -2.23. The van der Waals surface area contributed by atoms with E-state index in [2.05, 4.69) is 48.3 Å². The summed E-state index contributed by atoms with van der Waals surface area (Å²) in [6.07, 6.45) is 19.8. The molecule has 2 rings (SSSR count). The fourth-order valence-electron chi connectivity index (χ4n) is 2.23. The van der Waals surface area contributed by atoms with E-state index < -0.39 is 0 Å². The van der Waals surface area contributed by atoms with Gasteiger partial charge in [0.25, 0.3) is 0 Å². The van der Waals surface area contributed by atoms with E-state index >= 15 is 0 Å². The van der Waals surface area contributed by atoms with Crippen LogP contribution in [0.15, 0.2) is 47.9 Å². The standard InChI is InChI=1S/C15H21N/c1-2-13-16(14-9-5-3-6-10-14)15-11-7-4-8-12-15/h5,7,9-12H,2-4,6,8,13H2,1H3. The van der Waals surface area contributed by atoms with Crippen LogP contribution in [0.2, 0.25) is 0 Å². The first-order chi connectivity index (χ1) is 7.92. The topological polar surface area (TPSA) is 3.24 Å². The largest absolute Gasteiger partial charge is 0.342 e. The molecule has 0 aromatic carbocycles. The van der Waals surface area contributed by atoms with E-state index in [4.69, 9.17) is 0 Å². The lowest BCUT2D eigenvalue weighted by molar-refractivity contribution is 0.442. The van der Waals surface area contributed by atoms with Crippen molar-refractivity contribution in [2.24, 2.45) is 0 Å². The third-order valence-electron chi connectivity index (χ3n) is 3.02. The number of nitrogens with zero attached hydrogens (tertiary/aromatic N) is 1. The highest BCUT2D eigenvalue weighted by atomic mass is 15.1. The fourth-order valence-corrected chi connectivity index (χ4v) is 2.23. The maximum atomic E-state index is 2.45. The Morgan fingerprint density at radius 2 is 1.50 bits per heavy atom. The van der Waals surface area contributed by atoms with Crippen molar-refractivity contribution < 1.29 is 0 Å². The van der Waals surface area contributed by atoms with Crippen LogP contribution in [0.25, 0.3) is 0 Å². The minimum atomic E-state index is 1.12. The van der Waals surface area contributed by atoms with Gasteiger partial charge in [-0.25, -0.2) is 0 Å². The van der Waals surface area contributed by atoms with Gasteiger partial charge < -0.3 is 4.90 Å². The SMILES string of the molecule is CCCN(C1=CCCC=C1)C1=CCCC=C1. The van der Waals surface area contributed by atoms with Gasteiger partial charge in [0, 0.05) is 17.9 Å². The Labute approximate surface area is 98.8 Å². The number of hydrogen-bond donors (Lipinski definition) is 0. The van der Waals surface area contributed by atoms with Crippen molar-refractivity contribution in [3.8, 4) is 0 Å². The van der Waals surface area contributed by atoms with Crippen molar-refractivity contribution in [3.05, 3.63) is 47.9 Å². The van der Waals surface area contributed by atoms with E-state index in [1.807, 2.05) is 0 Å². The Hall–Kier alpha value is -1.24. The zero-order chi connectivity index (χ0) is 11.2. The van der Waals surface area contributed by atoms with Crippen LogP contribution in [0.4, 0.5) is 0 Å². The van der Waals surface area contributed by atoms with Gasteiger partial charge in [0.1, 0.15) is 0 Å². The molecular weight excluding hydrogens is 194 g/mol. The van der Waals surface area contributed by atoms with Gasteiger partial charge in [-0.3, -0.25) is 0 Å². The first kappa shape index (κ1) is 11.3. The molecule has 16 heavy (non-hydrogen) atoms. The molecule has 0 atom stereocenters. The molecule has 0 fully saturated rings. The van der Waals surface area contributed by atoms with Gasteiger partial charge in [-0.2, -0.15) is 0 Å². The summed E-state index contributed by atoms with van der Waals surface area (Å²) in [5, 5.41) is 0. The van der Waals surface area contributed by atoms with Gasteiger partial charge in [-0.15, -0.1) is 0 Å². The highest BCUT2D eigenvalue weighted by Crippen LogP contribution is 2.23. The Kier molecular flexibility index (Phi) is 4.03. The van der Waals surface area contributed by atoms with E-state index in [1.165, 1.54) is 43.5 Å². The van der Waals surface area contributed by atoms with E-state index in [0.29, 0.717) is 0 Å². The number of allylic oxidation sites excluding steroid dienone is 6. The van der Waals surface area contributed by atoms with Crippen LogP contribution < -0.4 is 0 Å². The second-order valence-electron chi connectivity index (χ2n) is 4.37. The van der Waals surface area contributed by atoms with E-state index in [-0.39, 0.29) is 0 Å². The van der Waals surface area contributed by atoms with Crippen LogP contribution >= 0.6 is 0 Å². The van der Waals surface area contributed by atoms with Gasteiger partial charge in [0.2, 0.25) is 0 Å². The van der Waals surface area contributed by atoms with Crippen molar-refractivity contribution in [2.45, 2.75) is 39.0 Å². The molecule has 0 unspecified atom stereocenters. The van der Waals surface area contributed by atoms with E-state index in [1.54, 1.807) is 0 Å². The van der Waals surface area contributed by atoms with Crippen LogP contribution in [-0.2, 0) is 0 Å². The average molecular weight is 215 g/mol. The second-order valence-corrected chi connectivity index (χ2v) is 4.37. The Balaban J connectivity index is 2.16. The molecule has 0 aromatic heterocycles. The maximum absolute atomic E-state index is 2.45. The normalized spacial score (nSPS) is 19.3. The summed E-state index contributed by atoms with van der Waals surface area (Å²) in [4.78, 5) is 2.45. The van der Waals surface area contributed by atoms with E-state index in [0.717, 1.165) is 6.54 Å². The summed E-state index contributed by atoms with van der Waals surface area (Å²) >= 11 is 0. The summed E-state index contributed by atoms with van der Waals surface area (Å²) in [7, 11) is 0. The molecule has 0 radical (unpaired) electrons. The molecule has 86 valence electrons. The minimum absolute atomic E-state index is 1.12. The van der Waals surface area contributed by atoms with Crippen LogP contribution in [0.1, 0.15) is 39.0 Å². The highest BCUT2D eigenvalue weighted by molar-refractivity contribution is 5.31. The molecule has 0 aromatic rings. The highest BCUT2D eigenvalue weighted by Gasteiger charge is 2.12. The summed E-state index contributed by atoms with van der Waals surface area (Å²) in [6, 6.07) is 0. The molecule has 0 saturated carbocycles. The van der Waals surface area contributed by atoms with Crippen molar-refractivity contribution >= 4 is 0 Å². The van der Waals surface area contributed by atoms with Crippen LogP contribution in [-0.4, -0.2) is 11.4 Å². The third kappa shape index (κ3) is 2.66. The van der Waals surface area contributed by atoms with Gasteiger partial charge in [0.15, 0.2) is 0 Å². The van der Waals surface area contributed by atoms with Crippen LogP contribution in [0.5, 0.6) is 0 Å². The molecular formula is C15H21N. The number of rotatable bonds is 4. The van der Waals surface area contributed by atoms with Crippen molar-refractivity contribution in [1.82, 2.24) is 4.90 Å². The van der Waals surface area contributed by atoms with Crippen molar-refractivity contribution in [1.29, 1.82) is 0 Å². The second kappa shape index (κ2) is 5.74. The first-order valence-electron chi connectivity index (χ1n) is 6.42. The quantitative estimate of drug-likeness (QED) is 0.680. The molecule has 0 saturated heterocycles. The Morgan fingerprint density at radius 1 is 0.938 bits per heavy atom.